The number of hydrogen-bond acceptors (Lipinski definition) is 4. The molecule has 0 unspecified atom stereocenters. The lowest BCUT2D eigenvalue weighted by atomic mass is 10.3. The molecule has 0 atom stereocenters. The van der Waals surface area contributed by atoms with Crippen LogP contribution in [0, 0.1) is 0 Å². The van der Waals surface area contributed by atoms with E-state index in [1.165, 1.54) is 6.26 Å². The number of aromatic nitrogens is 1. The van der Waals surface area contributed by atoms with E-state index in [-0.39, 0.29) is 11.9 Å². The van der Waals surface area contributed by atoms with Crippen molar-refractivity contribution >= 4 is 5.91 Å². The Morgan fingerprint density at radius 3 is 2.62 bits per heavy atom. The second kappa shape index (κ2) is 5.65. The van der Waals surface area contributed by atoms with Crippen molar-refractivity contribution in [3.63, 3.8) is 0 Å². The van der Waals surface area contributed by atoms with E-state index in [4.69, 9.17) is 4.42 Å². The van der Waals surface area contributed by atoms with Gasteiger partial charge in [0.15, 0.2) is 5.69 Å². The Kier molecular flexibility index (Phi) is 4.49. The van der Waals surface area contributed by atoms with Gasteiger partial charge in [-0.25, -0.2) is 4.98 Å². The van der Waals surface area contributed by atoms with Crippen molar-refractivity contribution < 1.29 is 9.21 Å². The smallest absolute Gasteiger partial charge is 0.273 e. The van der Waals surface area contributed by atoms with Gasteiger partial charge in [-0.2, -0.15) is 0 Å². The third kappa shape index (κ3) is 4.02. The van der Waals surface area contributed by atoms with E-state index in [0.717, 1.165) is 0 Å². The monoisotopic (exact) mass is 225 g/mol. The number of carbonyl (C=O) groups is 1. The van der Waals surface area contributed by atoms with Gasteiger partial charge >= 0.3 is 0 Å². The van der Waals surface area contributed by atoms with Gasteiger partial charge in [0.2, 0.25) is 5.89 Å². The average Bonchev–Trinajstić information content (AvgIpc) is 2.61. The van der Waals surface area contributed by atoms with Gasteiger partial charge in [-0.15, -0.1) is 0 Å². The van der Waals surface area contributed by atoms with Gasteiger partial charge in [0.25, 0.3) is 5.91 Å². The number of oxazole rings is 1. The van der Waals surface area contributed by atoms with Crippen LogP contribution in [0.3, 0.4) is 0 Å². The third-order valence-electron chi connectivity index (χ3n) is 1.87. The molecule has 5 nitrogen and oxygen atoms in total. The highest BCUT2D eigenvalue weighted by Gasteiger charge is 2.12. The summed E-state index contributed by atoms with van der Waals surface area (Å²) < 4.78 is 5.18. The van der Waals surface area contributed by atoms with E-state index in [0.29, 0.717) is 24.2 Å². The normalized spacial score (nSPS) is 11.1. The summed E-state index contributed by atoms with van der Waals surface area (Å²) >= 11 is 0. The van der Waals surface area contributed by atoms with Crippen LogP contribution >= 0.6 is 0 Å². The van der Waals surface area contributed by atoms with Crippen LogP contribution in [0.5, 0.6) is 0 Å². The molecule has 0 saturated carbocycles. The van der Waals surface area contributed by atoms with Crippen molar-refractivity contribution in [1.29, 1.82) is 0 Å². The molecule has 1 rings (SSSR count). The number of amides is 1. The van der Waals surface area contributed by atoms with Crippen LogP contribution in [0.2, 0.25) is 0 Å². The fourth-order valence-electron chi connectivity index (χ4n) is 1.12. The summed E-state index contributed by atoms with van der Waals surface area (Å²) in [6.45, 7) is 8.41. The average molecular weight is 225 g/mol. The Balaban J connectivity index is 2.54. The fraction of sp³-hybridized carbons (Fsp3) is 0.636. The third-order valence-corrected chi connectivity index (χ3v) is 1.87. The van der Waals surface area contributed by atoms with Crippen LogP contribution in [-0.4, -0.2) is 23.0 Å². The second-order valence-corrected chi connectivity index (χ2v) is 4.29. The summed E-state index contributed by atoms with van der Waals surface area (Å²) in [5.74, 6) is 0.331. The predicted octanol–water partition coefficient (Wildman–Crippen LogP) is 1.31. The summed E-state index contributed by atoms with van der Waals surface area (Å²) in [5, 5.41) is 5.92. The predicted molar refractivity (Wildman–Crippen MR) is 61.1 cm³/mol. The molecule has 0 fully saturated rings. The topological polar surface area (TPSA) is 67.2 Å². The molecule has 5 heteroatoms. The van der Waals surface area contributed by atoms with Crippen LogP contribution in [0.4, 0.5) is 0 Å². The molecule has 0 radical (unpaired) electrons. The van der Waals surface area contributed by atoms with Crippen molar-refractivity contribution in [2.75, 3.05) is 0 Å². The first-order chi connectivity index (χ1) is 7.49. The highest BCUT2D eigenvalue weighted by Crippen LogP contribution is 2.02. The highest BCUT2D eigenvalue weighted by atomic mass is 16.3. The van der Waals surface area contributed by atoms with E-state index in [2.05, 4.69) is 15.6 Å². The first-order valence-electron chi connectivity index (χ1n) is 5.47. The molecular weight excluding hydrogens is 206 g/mol. The summed E-state index contributed by atoms with van der Waals surface area (Å²) in [7, 11) is 0. The SMILES string of the molecule is CC(C)NCc1nc(C(=O)NC(C)C)co1. The van der Waals surface area contributed by atoms with Gasteiger partial charge in [-0.1, -0.05) is 13.8 Å². The molecule has 0 saturated heterocycles. The van der Waals surface area contributed by atoms with Gasteiger partial charge in [-0.05, 0) is 13.8 Å². The summed E-state index contributed by atoms with van der Waals surface area (Å²) in [5.41, 5.74) is 0.328. The Hall–Kier alpha value is -1.36. The van der Waals surface area contributed by atoms with Crippen LogP contribution < -0.4 is 10.6 Å². The standard InChI is InChI=1S/C11H19N3O2/c1-7(2)12-5-10-14-9(6-16-10)11(15)13-8(3)4/h6-8,12H,5H2,1-4H3,(H,13,15). The van der Waals surface area contributed by atoms with Crippen LogP contribution in [-0.2, 0) is 6.54 Å². The molecule has 16 heavy (non-hydrogen) atoms. The number of carbonyl (C=O) groups excluding carboxylic acids is 1. The molecule has 0 aliphatic carbocycles. The van der Waals surface area contributed by atoms with E-state index in [1.807, 2.05) is 27.7 Å². The lowest BCUT2D eigenvalue weighted by Crippen LogP contribution is -2.30. The highest BCUT2D eigenvalue weighted by molar-refractivity contribution is 5.92. The van der Waals surface area contributed by atoms with E-state index >= 15 is 0 Å². The van der Waals surface area contributed by atoms with Gasteiger partial charge in [0.1, 0.15) is 6.26 Å². The first kappa shape index (κ1) is 12.7. The number of nitrogens with one attached hydrogen (secondary N) is 2. The van der Waals surface area contributed by atoms with Crippen molar-refractivity contribution in [2.24, 2.45) is 0 Å². The van der Waals surface area contributed by atoms with E-state index in [9.17, 15) is 4.79 Å². The zero-order chi connectivity index (χ0) is 12.1. The lowest BCUT2D eigenvalue weighted by molar-refractivity contribution is 0.0938. The molecule has 0 spiro atoms. The molecule has 0 bridgehead atoms. The lowest BCUT2D eigenvalue weighted by Gasteiger charge is -2.05. The number of nitrogens with zero attached hydrogens (tertiary/aromatic N) is 1. The molecule has 1 aromatic rings. The Morgan fingerprint density at radius 2 is 2.06 bits per heavy atom. The molecule has 1 heterocycles. The zero-order valence-electron chi connectivity index (χ0n) is 10.2. The maximum Gasteiger partial charge on any atom is 0.273 e. The second-order valence-electron chi connectivity index (χ2n) is 4.29. The molecule has 0 aliphatic rings. The van der Waals surface area contributed by atoms with Gasteiger partial charge in [0, 0.05) is 12.1 Å². The first-order valence-corrected chi connectivity index (χ1v) is 5.47. The van der Waals surface area contributed by atoms with E-state index in [1.54, 1.807) is 0 Å². The van der Waals surface area contributed by atoms with Crippen molar-refractivity contribution in [1.82, 2.24) is 15.6 Å². The van der Waals surface area contributed by atoms with Crippen LogP contribution in [0.15, 0.2) is 10.7 Å². The zero-order valence-corrected chi connectivity index (χ0v) is 10.2. The van der Waals surface area contributed by atoms with Crippen LogP contribution in [0.1, 0.15) is 44.1 Å². The van der Waals surface area contributed by atoms with Gasteiger partial charge in [-0.3, -0.25) is 4.79 Å². The summed E-state index contributed by atoms with van der Waals surface area (Å²) in [6, 6.07) is 0.460. The van der Waals surface area contributed by atoms with E-state index < -0.39 is 0 Å². The molecule has 0 aliphatic heterocycles. The largest absolute Gasteiger partial charge is 0.447 e. The summed E-state index contributed by atoms with van der Waals surface area (Å²) in [6.07, 6.45) is 1.38. The minimum atomic E-state index is -0.199. The molecule has 90 valence electrons. The minimum absolute atomic E-state index is 0.0986. The molecule has 1 amide bonds. The molecule has 0 aromatic carbocycles. The molecule has 2 N–H and O–H groups in total. The summed E-state index contributed by atoms with van der Waals surface area (Å²) in [4.78, 5) is 15.6. The molecular formula is C11H19N3O2. The minimum Gasteiger partial charge on any atom is -0.447 e. The van der Waals surface area contributed by atoms with Gasteiger partial charge in [0.05, 0.1) is 6.54 Å². The Labute approximate surface area is 95.6 Å². The van der Waals surface area contributed by atoms with Crippen molar-refractivity contribution in [3.05, 3.63) is 17.8 Å². The number of rotatable bonds is 5. The fourth-order valence-corrected chi connectivity index (χ4v) is 1.12. The van der Waals surface area contributed by atoms with Gasteiger partial charge < -0.3 is 15.1 Å². The van der Waals surface area contributed by atoms with Crippen molar-refractivity contribution in [3.8, 4) is 0 Å². The quantitative estimate of drug-likeness (QED) is 0.793. The Bertz CT molecular complexity index is 345. The maximum absolute atomic E-state index is 11.6. The number of hydrogen-bond donors (Lipinski definition) is 2. The molecule has 1 aromatic heterocycles. The maximum atomic E-state index is 11.6. The Morgan fingerprint density at radius 1 is 1.38 bits per heavy atom. The van der Waals surface area contributed by atoms with Crippen LogP contribution in [0.25, 0.3) is 0 Å². The van der Waals surface area contributed by atoms with Crippen molar-refractivity contribution in [2.45, 2.75) is 46.3 Å².